The van der Waals surface area contributed by atoms with E-state index in [1.165, 1.54) is 6.92 Å². The number of carbonyl (C=O) groups excluding carboxylic acids is 2. The molecule has 0 aliphatic carbocycles. The molecule has 1 aliphatic heterocycles. The van der Waals surface area contributed by atoms with E-state index in [1.807, 2.05) is 24.3 Å². The Kier molecular flexibility index (Phi) is 7.21. The molecule has 0 unspecified atom stereocenters. The molecule has 3 atom stereocenters. The number of aliphatic hydroxyl groups is 1. The van der Waals surface area contributed by atoms with E-state index in [1.54, 1.807) is 7.11 Å². The van der Waals surface area contributed by atoms with Crippen molar-refractivity contribution in [2.45, 2.75) is 51.0 Å². The van der Waals surface area contributed by atoms with Crippen molar-refractivity contribution in [3.63, 3.8) is 0 Å². The number of nitrogens with one attached hydrogen (secondary N) is 2. The van der Waals surface area contributed by atoms with E-state index in [2.05, 4.69) is 10.6 Å². The summed E-state index contributed by atoms with van der Waals surface area (Å²) in [4.78, 5) is 23.4. The molecule has 7 nitrogen and oxygen atoms in total. The van der Waals surface area contributed by atoms with Crippen LogP contribution in [0, 0.1) is 0 Å². The van der Waals surface area contributed by atoms with Gasteiger partial charge >= 0.3 is 0 Å². The number of ether oxygens (including phenoxy) is 2. The van der Waals surface area contributed by atoms with Crippen LogP contribution >= 0.6 is 0 Å². The van der Waals surface area contributed by atoms with Crippen molar-refractivity contribution < 1.29 is 24.2 Å². The summed E-state index contributed by atoms with van der Waals surface area (Å²) >= 11 is 0. The zero-order valence-corrected chi connectivity index (χ0v) is 14.7. The van der Waals surface area contributed by atoms with Crippen molar-refractivity contribution in [1.82, 2.24) is 10.6 Å². The molecule has 1 aromatic carbocycles. The van der Waals surface area contributed by atoms with E-state index >= 15 is 0 Å². The largest absolute Gasteiger partial charge is 0.496 e. The molecule has 0 bridgehead atoms. The van der Waals surface area contributed by atoms with E-state index in [0.29, 0.717) is 19.4 Å². The molecule has 0 radical (unpaired) electrons. The summed E-state index contributed by atoms with van der Waals surface area (Å²) in [5, 5.41) is 15.1. The van der Waals surface area contributed by atoms with Crippen LogP contribution in [0.15, 0.2) is 24.3 Å². The molecule has 2 amide bonds. The molecule has 138 valence electrons. The molecule has 0 aromatic heterocycles. The summed E-state index contributed by atoms with van der Waals surface area (Å²) in [5.74, 6) is 0.459. The molecule has 2 rings (SSSR count). The predicted molar refractivity (Wildman–Crippen MR) is 92.0 cm³/mol. The van der Waals surface area contributed by atoms with E-state index < -0.39 is 6.10 Å². The number of benzene rings is 1. The van der Waals surface area contributed by atoms with E-state index in [9.17, 15) is 14.7 Å². The van der Waals surface area contributed by atoms with Crippen molar-refractivity contribution in [2.75, 3.05) is 13.7 Å². The maximum atomic E-state index is 12.2. The zero-order valence-electron chi connectivity index (χ0n) is 14.7. The molecular weight excluding hydrogens is 324 g/mol. The van der Waals surface area contributed by atoms with Crippen LogP contribution in [-0.2, 0) is 20.9 Å². The highest BCUT2D eigenvalue weighted by atomic mass is 16.5. The Bertz CT molecular complexity index is 593. The molecule has 1 aromatic rings. The Balaban J connectivity index is 1.82. The lowest BCUT2D eigenvalue weighted by Crippen LogP contribution is -2.51. The zero-order chi connectivity index (χ0) is 18.2. The Labute approximate surface area is 147 Å². The number of methoxy groups -OCH3 is 1. The lowest BCUT2D eigenvalue weighted by molar-refractivity contribution is -0.135. The summed E-state index contributed by atoms with van der Waals surface area (Å²) in [6, 6.07) is 7.30. The van der Waals surface area contributed by atoms with Crippen LogP contribution in [0.5, 0.6) is 5.75 Å². The number of hydrogen-bond acceptors (Lipinski definition) is 5. The number of hydrogen-bond donors (Lipinski definition) is 3. The monoisotopic (exact) mass is 350 g/mol. The maximum Gasteiger partial charge on any atom is 0.222 e. The van der Waals surface area contributed by atoms with E-state index in [0.717, 1.165) is 11.3 Å². The van der Waals surface area contributed by atoms with E-state index in [4.69, 9.17) is 9.47 Å². The van der Waals surface area contributed by atoms with Gasteiger partial charge in [-0.25, -0.2) is 0 Å². The third kappa shape index (κ3) is 5.72. The average Bonchev–Trinajstić information content (AvgIpc) is 2.61. The number of rotatable bonds is 7. The second-order valence-corrected chi connectivity index (χ2v) is 6.16. The fourth-order valence-electron chi connectivity index (χ4n) is 3.03. The van der Waals surface area contributed by atoms with Gasteiger partial charge in [0.2, 0.25) is 11.8 Å². The van der Waals surface area contributed by atoms with Gasteiger partial charge in [-0.2, -0.15) is 0 Å². The van der Waals surface area contributed by atoms with Gasteiger partial charge in [-0.3, -0.25) is 9.59 Å². The first-order chi connectivity index (χ1) is 12.0. The third-order valence-corrected chi connectivity index (χ3v) is 4.27. The molecule has 0 spiro atoms. The fourth-order valence-corrected chi connectivity index (χ4v) is 3.03. The molecule has 0 saturated carbocycles. The molecule has 3 N–H and O–H groups in total. The minimum Gasteiger partial charge on any atom is -0.496 e. The fraction of sp³-hybridized carbons (Fsp3) is 0.556. The molecule has 1 aliphatic rings. The van der Waals surface area contributed by atoms with Gasteiger partial charge in [0.15, 0.2) is 0 Å². The van der Waals surface area contributed by atoms with Crippen molar-refractivity contribution in [1.29, 1.82) is 0 Å². The van der Waals surface area contributed by atoms with Crippen LogP contribution < -0.4 is 15.4 Å². The van der Waals surface area contributed by atoms with Gasteiger partial charge in [-0.1, -0.05) is 18.2 Å². The number of carbonyl (C=O) groups is 2. The Morgan fingerprint density at radius 1 is 1.32 bits per heavy atom. The SMILES string of the molecule is COc1ccccc1CNC(=O)C[C@@H]1CC[C@@H](NC(C)=O)[C@@H](CO)O1. The quantitative estimate of drug-likeness (QED) is 0.674. The first-order valence-corrected chi connectivity index (χ1v) is 8.45. The minimum absolute atomic E-state index is 0.120. The molecule has 7 heteroatoms. The van der Waals surface area contributed by atoms with Crippen LogP contribution in [0.3, 0.4) is 0 Å². The van der Waals surface area contributed by atoms with Gasteiger partial charge in [0.25, 0.3) is 0 Å². The summed E-state index contributed by atoms with van der Waals surface area (Å²) in [7, 11) is 1.59. The van der Waals surface area contributed by atoms with Crippen LogP contribution in [0.2, 0.25) is 0 Å². The lowest BCUT2D eigenvalue weighted by atomic mass is 9.97. The summed E-state index contributed by atoms with van der Waals surface area (Å²) in [6.07, 6.45) is 0.807. The van der Waals surface area contributed by atoms with Crippen LogP contribution in [-0.4, -0.2) is 48.9 Å². The Morgan fingerprint density at radius 2 is 2.08 bits per heavy atom. The first kappa shape index (κ1) is 19.2. The second-order valence-electron chi connectivity index (χ2n) is 6.16. The highest BCUT2D eigenvalue weighted by molar-refractivity contribution is 5.76. The molecule has 1 saturated heterocycles. The second kappa shape index (κ2) is 9.39. The smallest absolute Gasteiger partial charge is 0.222 e. The van der Waals surface area contributed by atoms with Crippen LogP contribution in [0.25, 0.3) is 0 Å². The van der Waals surface area contributed by atoms with Crippen molar-refractivity contribution in [3.05, 3.63) is 29.8 Å². The number of para-hydroxylation sites is 1. The topological polar surface area (TPSA) is 96.9 Å². The molecule has 1 fully saturated rings. The van der Waals surface area contributed by atoms with Crippen molar-refractivity contribution in [2.24, 2.45) is 0 Å². The third-order valence-electron chi connectivity index (χ3n) is 4.27. The van der Waals surface area contributed by atoms with Gasteiger partial charge in [-0.15, -0.1) is 0 Å². The van der Waals surface area contributed by atoms with Gasteiger partial charge in [0.1, 0.15) is 11.9 Å². The molecule has 25 heavy (non-hydrogen) atoms. The van der Waals surface area contributed by atoms with Gasteiger partial charge in [0.05, 0.1) is 32.3 Å². The van der Waals surface area contributed by atoms with Crippen LogP contribution in [0.4, 0.5) is 0 Å². The standard InChI is InChI=1S/C18H26N2O5/c1-12(22)20-15-8-7-14(25-17(15)11-21)9-18(23)19-10-13-5-3-4-6-16(13)24-2/h3-6,14-15,17,21H,7-11H2,1-2H3,(H,19,23)(H,20,22)/t14-,15+,17+/m0/s1. The Morgan fingerprint density at radius 3 is 2.76 bits per heavy atom. The highest BCUT2D eigenvalue weighted by Gasteiger charge is 2.32. The van der Waals surface area contributed by atoms with Crippen molar-refractivity contribution in [3.8, 4) is 5.75 Å². The predicted octanol–water partition coefficient (Wildman–Crippen LogP) is 0.746. The number of amides is 2. The number of aliphatic hydroxyl groups excluding tert-OH is 1. The van der Waals surface area contributed by atoms with Crippen LogP contribution in [0.1, 0.15) is 31.7 Å². The average molecular weight is 350 g/mol. The van der Waals surface area contributed by atoms with Crippen molar-refractivity contribution >= 4 is 11.8 Å². The summed E-state index contributed by atoms with van der Waals surface area (Å²) < 4.78 is 11.0. The summed E-state index contributed by atoms with van der Waals surface area (Å²) in [5.41, 5.74) is 0.905. The van der Waals surface area contributed by atoms with Gasteiger partial charge in [-0.05, 0) is 18.9 Å². The summed E-state index contributed by atoms with van der Waals surface area (Å²) in [6.45, 7) is 1.63. The highest BCUT2D eigenvalue weighted by Crippen LogP contribution is 2.22. The normalized spacial score (nSPS) is 22.9. The lowest BCUT2D eigenvalue weighted by Gasteiger charge is -2.35. The molecular formula is C18H26N2O5. The first-order valence-electron chi connectivity index (χ1n) is 8.45. The molecule has 1 heterocycles. The Hall–Kier alpha value is -2.12. The van der Waals surface area contributed by atoms with E-state index in [-0.39, 0.29) is 37.0 Å². The van der Waals surface area contributed by atoms with Gasteiger partial charge in [0, 0.05) is 19.0 Å². The maximum absolute atomic E-state index is 12.2. The van der Waals surface area contributed by atoms with Gasteiger partial charge < -0.3 is 25.2 Å². The minimum atomic E-state index is -0.482.